The number of nitrogens with zero attached hydrogens (tertiary/aromatic N) is 2. The molecule has 0 radical (unpaired) electrons. The van der Waals surface area contributed by atoms with Crippen LogP contribution in [-0.2, 0) is 26.2 Å². The Hall–Kier alpha value is -3.07. The number of hydrogen-bond acceptors (Lipinski definition) is 4. The summed E-state index contributed by atoms with van der Waals surface area (Å²) in [5, 5.41) is 3.33. The highest BCUT2D eigenvalue weighted by Crippen LogP contribution is 2.30. The second kappa shape index (κ2) is 13.5. The van der Waals surface area contributed by atoms with Gasteiger partial charge in [0.05, 0.1) is 10.6 Å². The van der Waals surface area contributed by atoms with Crippen LogP contribution in [0.25, 0.3) is 0 Å². The Labute approximate surface area is 247 Å². The molecule has 0 aliphatic rings. The van der Waals surface area contributed by atoms with Gasteiger partial charge >= 0.3 is 0 Å². The molecule has 3 aromatic rings. The minimum Gasteiger partial charge on any atom is -0.352 e. The number of rotatable bonds is 11. The normalized spacial score (nSPS) is 12.2. The van der Waals surface area contributed by atoms with E-state index in [1.54, 1.807) is 12.1 Å². The highest BCUT2D eigenvalue weighted by Gasteiger charge is 2.34. The van der Waals surface area contributed by atoms with Crippen molar-refractivity contribution < 1.29 is 18.0 Å². The Bertz CT molecular complexity index is 1440. The van der Waals surface area contributed by atoms with Crippen molar-refractivity contribution in [3.8, 4) is 0 Å². The fourth-order valence-electron chi connectivity index (χ4n) is 4.32. The van der Waals surface area contributed by atoms with E-state index in [9.17, 15) is 18.0 Å². The third kappa shape index (κ3) is 7.77. The molecule has 0 aromatic heterocycles. The Balaban J connectivity index is 2.11. The first-order chi connectivity index (χ1) is 18.8. The van der Waals surface area contributed by atoms with Crippen molar-refractivity contribution >= 4 is 50.7 Å². The lowest BCUT2D eigenvalue weighted by Crippen LogP contribution is -2.53. The number of carbonyl (C=O) groups is 2. The largest absolute Gasteiger partial charge is 0.352 e. The minimum atomic E-state index is -4.22. The van der Waals surface area contributed by atoms with Crippen LogP contribution < -0.4 is 9.62 Å². The molecule has 1 atom stereocenters. The van der Waals surface area contributed by atoms with Crippen LogP contribution in [0.1, 0.15) is 43.9 Å². The highest BCUT2D eigenvalue weighted by molar-refractivity contribution is 7.92. The Morgan fingerprint density at radius 3 is 2.08 bits per heavy atom. The van der Waals surface area contributed by atoms with Gasteiger partial charge in [-0.05, 0) is 75.6 Å². The van der Waals surface area contributed by atoms with E-state index in [4.69, 9.17) is 23.2 Å². The fraction of sp³-hybridized carbons (Fsp3) is 0.333. The van der Waals surface area contributed by atoms with Crippen LogP contribution in [0.5, 0.6) is 0 Å². The zero-order chi connectivity index (χ0) is 29.6. The summed E-state index contributed by atoms with van der Waals surface area (Å²) in [6.07, 6.45) is 0.337. The van der Waals surface area contributed by atoms with Gasteiger partial charge in [-0.15, -0.1) is 0 Å². The number of hydrogen-bond donors (Lipinski definition) is 1. The summed E-state index contributed by atoms with van der Waals surface area (Å²) in [4.78, 5) is 28.8. The third-order valence-electron chi connectivity index (χ3n) is 6.44. The van der Waals surface area contributed by atoms with Crippen LogP contribution in [0.2, 0.25) is 10.0 Å². The zero-order valence-electron chi connectivity index (χ0n) is 23.3. The average molecular weight is 605 g/mol. The van der Waals surface area contributed by atoms with Crippen LogP contribution in [0.15, 0.2) is 71.6 Å². The maximum Gasteiger partial charge on any atom is 0.264 e. The summed E-state index contributed by atoms with van der Waals surface area (Å²) < 4.78 is 28.9. The number of carbonyl (C=O) groups excluding carboxylic acids is 2. The number of anilines is 1. The predicted molar refractivity (Wildman–Crippen MR) is 161 cm³/mol. The van der Waals surface area contributed by atoms with Gasteiger partial charge in [0.1, 0.15) is 12.6 Å². The molecule has 214 valence electrons. The van der Waals surface area contributed by atoms with E-state index in [-0.39, 0.29) is 39.1 Å². The lowest BCUT2D eigenvalue weighted by Gasteiger charge is -2.34. The van der Waals surface area contributed by atoms with E-state index >= 15 is 0 Å². The van der Waals surface area contributed by atoms with Crippen LogP contribution in [0, 0.1) is 13.8 Å². The minimum absolute atomic E-state index is 0.0112. The van der Waals surface area contributed by atoms with Gasteiger partial charge in [-0.1, -0.05) is 72.1 Å². The maximum absolute atomic E-state index is 14.1. The van der Waals surface area contributed by atoms with Crippen molar-refractivity contribution in [1.82, 2.24) is 10.2 Å². The second-order valence-corrected chi connectivity index (χ2v) is 12.7. The predicted octanol–water partition coefficient (Wildman–Crippen LogP) is 6.14. The lowest BCUT2D eigenvalue weighted by molar-refractivity contribution is -0.140. The second-order valence-electron chi connectivity index (χ2n) is 9.99. The summed E-state index contributed by atoms with van der Waals surface area (Å²) >= 11 is 12.5. The van der Waals surface area contributed by atoms with Crippen molar-refractivity contribution in [3.63, 3.8) is 0 Å². The molecule has 3 aromatic carbocycles. The SMILES string of the molecule is CC[C@@H](C(=O)NC(C)C)N(Cc1ccccc1C)C(=O)CN(c1cc(Cl)cc(Cl)c1)S(=O)(=O)c1ccc(C)cc1. The molecule has 0 saturated carbocycles. The third-order valence-corrected chi connectivity index (χ3v) is 8.67. The van der Waals surface area contributed by atoms with Crippen LogP contribution in [-0.4, -0.2) is 43.8 Å². The molecule has 40 heavy (non-hydrogen) atoms. The molecule has 0 saturated heterocycles. The molecule has 10 heteroatoms. The summed E-state index contributed by atoms with van der Waals surface area (Å²) in [6.45, 7) is 8.85. The molecule has 0 aliphatic heterocycles. The van der Waals surface area contributed by atoms with Gasteiger partial charge in [0.2, 0.25) is 11.8 Å². The van der Waals surface area contributed by atoms with Gasteiger partial charge in [-0.25, -0.2) is 8.42 Å². The molecule has 1 N–H and O–H groups in total. The van der Waals surface area contributed by atoms with Crippen molar-refractivity contribution in [2.45, 2.75) is 64.6 Å². The summed E-state index contributed by atoms with van der Waals surface area (Å²) in [5.41, 5.74) is 2.83. The number of nitrogens with one attached hydrogen (secondary N) is 1. The van der Waals surface area contributed by atoms with Gasteiger partial charge in [0.15, 0.2) is 0 Å². The van der Waals surface area contributed by atoms with Crippen molar-refractivity contribution in [1.29, 1.82) is 0 Å². The van der Waals surface area contributed by atoms with Crippen LogP contribution in [0.4, 0.5) is 5.69 Å². The van der Waals surface area contributed by atoms with Gasteiger partial charge < -0.3 is 10.2 Å². The Kier molecular flexibility index (Phi) is 10.6. The van der Waals surface area contributed by atoms with Gasteiger partial charge in [0.25, 0.3) is 10.0 Å². The molecule has 0 bridgehead atoms. The van der Waals surface area contributed by atoms with E-state index in [2.05, 4.69) is 5.32 Å². The first-order valence-corrected chi connectivity index (χ1v) is 15.2. The number of benzene rings is 3. The smallest absolute Gasteiger partial charge is 0.264 e. The average Bonchev–Trinajstić information content (AvgIpc) is 2.87. The monoisotopic (exact) mass is 603 g/mol. The molecule has 0 heterocycles. The molecule has 7 nitrogen and oxygen atoms in total. The summed E-state index contributed by atoms with van der Waals surface area (Å²) in [6, 6.07) is 17.3. The van der Waals surface area contributed by atoms with Crippen molar-refractivity contribution in [3.05, 3.63) is 93.5 Å². The van der Waals surface area contributed by atoms with Gasteiger partial charge in [-0.2, -0.15) is 0 Å². The molecule has 3 rings (SSSR count). The fourth-order valence-corrected chi connectivity index (χ4v) is 6.23. The maximum atomic E-state index is 14.1. The number of sulfonamides is 1. The number of halogens is 2. The topological polar surface area (TPSA) is 86.8 Å². The van der Waals surface area contributed by atoms with E-state index in [0.717, 1.165) is 21.0 Å². The van der Waals surface area contributed by atoms with Crippen LogP contribution >= 0.6 is 23.2 Å². The van der Waals surface area contributed by atoms with Crippen molar-refractivity contribution in [2.75, 3.05) is 10.8 Å². The summed E-state index contributed by atoms with van der Waals surface area (Å²) in [7, 11) is -4.22. The van der Waals surface area contributed by atoms with Crippen molar-refractivity contribution in [2.24, 2.45) is 0 Å². The Morgan fingerprint density at radius 2 is 1.52 bits per heavy atom. The van der Waals surface area contributed by atoms with E-state index in [1.807, 2.05) is 58.9 Å². The molecule has 0 spiro atoms. The van der Waals surface area contributed by atoms with Gasteiger partial charge in [-0.3, -0.25) is 13.9 Å². The molecule has 0 fully saturated rings. The summed E-state index contributed by atoms with van der Waals surface area (Å²) in [5.74, 6) is -0.848. The quantitative estimate of drug-likeness (QED) is 0.285. The lowest BCUT2D eigenvalue weighted by atomic mass is 10.1. The van der Waals surface area contributed by atoms with E-state index in [1.165, 1.54) is 35.2 Å². The first-order valence-electron chi connectivity index (χ1n) is 13.0. The standard InChI is InChI=1S/C30H35Cl2N3O4S/c1-6-28(30(37)33-20(2)3)34(18-23-10-8-7-9-22(23)5)29(36)19-35(26-16-24(31)15-25(32)17-26)40(38,39)27-13-11-21(4)12-14-27/h7-17,20,28H,6,18-19H2,1-5H3,(H,33,37)/t28-/m0/s1. The molecular formula is C30H35Cl2N3O4S. The molecule has 0 unspecified atom stereocenters. The van der Waals surface area contributed by atoms with E-state index < -0.39 is 28.5 Å². The van der Waals surface area contributed by atoms with Gasteiger partial charge in [0, 0.05) is 22.6 Å². The van der Waals surface area contributed by atoms with E-state index in [0.29, 0.717) is 6.42 Å². The first kappa shape index (κ1) is 31.5. The molecular weight excluding hydrogens is 569 g/mol. The molecule has 0 aliphatic carbocycles. The number of aryl methyl sites for hydroxylation is 2. The zero-order valence-corrected chi connectivity index (χ0v) is 25.6. The highest BCUT2D eigenvalue weighted by atomic mass is 35.5. The van der Waals surface area contributed by atoms with Crippen LogP contribution in [0.3, 0.4) is 0 Å². The molecule has 2 amide bonds. The number of amides is 2. The Morgan fingerprint density at radius 1 is 0.925 bits per heavy atom.